The van der Waals surface area contributed by atoms with Crippen molar-refractivity contribution in [3.8, 4) is 10.6 Å². The highest BCUT2D eigenvalue weighted by atomic mass is 32.1. The molecule has 0 atom stereocenters. The minimum atomic E-state index is 1.10. The van der Waals surface area contributed by atoms with Crippen LogP contribution in [-0.4, -0.2) is 4.98 Å². The number of hydrogen-bond acceptors (Lipinski definition) is 2. The molecule has 2 heteroatoms. The van der Waals surface area contributed by atoms with Gasteiger partial charge in [-0.05, 0) is 31.0 Å². The van der Waals surface area contributed by atoms with Gasteiger partial charge in [0, 0.05) is 17.1 Å². The van der Waals surface area contributed by atoms with Gasteiger partial charge in [0.2, 0.25) is 0 Å². The summed E-state index contributed by atoms with van der Waals surface area (Å²) in [5.74, 6) is 0. The predicted octanol–water partition coefficient (Wildman–Crippen LogP) is 3.43. The van der Waals surface area contributed by atoms with Crippen molar-refractivity contribution in [2.45, 2.75) is 13.8 Å². The van der Waals surface area contributed by atoms with Gasteiger partial charge in [0.15, 0.2) is 0 Å². The van der Waals surface area contributed by atoms with Gasteiger partial charge in [-0.25, -0.2) is 4.98 Å². The summed E-state index contributed by atoms with van der Waals surface area (Å²) in [6.07, 6.45) is 1.84. The highest BCUT2D eigenvalue weighted by molar-refractivity contribution is 7.13. The molecule has 1 aromatic carbocycles. The van der Waals surface area contributed by atoms with Gasteiger partial charge in [-0.1, -0.05) is 12.1 Å². The van der Waals surface area contributed by atoms with Crippen LogP contribution in [0.5, 0.6) is 0 Å². The predicted molar refractivity (Wildman–Crippen MR) is 57.0 cm³/mol. The summed E-state index contributed by atoms with van der Waals surface area (Å²) in [5.41, 5.74) is 3.88. The van der Waals surface area contributed by atoms with Crippen LogP contribution in [0.1, 0.15) is 11.1 Å². The second kappa shape index (κ2) is 3.30. The maximum atomic E-state index is 4.28. The molecule has 2 rings (SSSR count). The molecule has 0 saturated carbocycles. The van der Waals surface area contributed by atoms with E-state index in [1.54, 1.807) is 11.3 Å². The lowest BCUT2D eigenvalue weighted by Crippen LogP contribution is -1.82. The minimum Gasteiger partial charge on any atom is -0.245 e. The molecule has 0 amide bonds. The highest BCUT2D eigenvalue weighted by Crippen LogP contribution is 2.23. The van der Waals surface area contributed by atoms with Gasteiger partial charge in [-0.15, -0.1) is 11.3 Å². The Balaban J connectivity index is 2.49. The summed E-state index contributed by atoms with van der Waals surface area (Å²) in [4.78, 5) is 4.28. The van der Waals surface area contributed by atoms with Gasteiger partial charge in [0.25, 0.3) is 0 Å². The van der Waals surface area contributed by atoms with E-state index in [1.807, 2.05) is 11.6 Å². The van der Waals surface area contributed by atoms with Crippen LogP contribution in [0.2, 0.25) is 0 Å². The van der Waals surface area contributed by atoms with E-state index in [-0.39, 0.29) is 0 Å². The largest absolute Gasteiger partial charge is 0.245 e. The Morgan fingerprint density at radius 2 is 2.00 bits per heavy atom. The Morgan fingerprint density at radius 1 is 1.15 bits per heavy atom. The zero-order valence-electron chi connectivity index (χ0n) is 7.74. The molecule has 0 aliphatic rings. The number of aromatic nitrogens is 1. The fourth-order valence-electron chi connectivity index (χ4n) is 1.24. The fraction of sp³-hybridized carbons (Fsp3) is 0.182. The number of benzene rings is 1. The number of hydrogen-bond donors (Lipinski definition) is 0. The number of aryl methyl sites for hydroxylation is 2. The summed E-state index contributed by atoms with van der Waals surface area (Å²) in [6.45, 7) is 4.26. The first-order valence-corrected chi connectivity index (χ1v) is 5.12. The van der Waals surface area contributed by atoms with Crippen molar-refractivity contribution in [2.24, 2.45) is 0 Å². The van der Waals surface area contributed by atoms with Gasteiger partial charge in [0.05, 0.1) is 0 Å². The van der Waals surface area contributed by atoms with Gasteiger partial charge < -0.3 is 0 Å². The molecule has 0 N–H and O–H groups in total. The van der Waals surface area contributed by atoms with Crippen LogP contribution in [-0.2, 0) is 0 Å². The smallest absolute Gasteiger partial charge is 0.123 e. The monoisotopic (exact) mass is 189 g/mol. The second-order valence-corrected chi connectivity index (χ2v) is 4.03. The third-order valence-electron chi connectivity index (χ3n) is 2.19. The Hall–Kier alpha value is -1.15. The maximum absolute atomic E-state index is 4.28. The molecule has 1 nitrogen and oxygen atoms in total. The van der Waals surface area contributed by atoms with Crippen LogP contribution in [0.4, 0.5) is 0 Å². The van der Waals surface area contributed by atoms with Crippen molar-refractivity contribution in [1.29, 1.82) is 0 Å². The number of nitrogens with zero attached hydrogens (tertiary/aromatic N) is 1. The van der Waals surface area contributed by atoms with Crippen LogP contribution < -0.4 is 0 Å². The highest BCUT2D eigenvalue weighted by Gasteiger charge is 2.00. The average Bonchev–Trinajstić information content (AvgIpc) is 2.62. The van der Waals surface area contributed by atoms with Gasteiger partial charge in [-0.2, -0.15) is 0 Å². The fourth-order valence-corrected chi connectivity index (χ4v) is 1.88. The van der Waals surface area contributed by atoms with E-state index in [0.717, 1.165) is 5.01 Å². The molecule has 0 fully saturated rings. The number of thiazole rings is 1. The molecule has 0 radical (unpaired) electrons. The molecular formula is C11H11NS. The first-order valence-electron chi connectivity index (χ1n) is 4.24. The molecule has 0 spiro atoms. The van der Waals surface area contributed by atoms with Gasteiger partial charge in [0.1, 0.15) is 5.01 Å². The maximum Gasteiger partial charge on any atom is 0.123 e. The Morgan fingerprint density at radius 3 is 2.62 bits per heavy atom. The average molecular weight is 189 g/mol. The van der Waals surface area contributed by atoms with Crippen LogP contribution in [0, 0.1) is 13.8 Å². The normalized spacial score (nSPS) is 10.3. The van der Waals surface area contributed by atoms with Crippen LogP contribution in [0.3, 0.4) is 0 Å². The molecule has 0 unspecified atom stereocenters. The summed E-state index contributed by atoms with van der Waals surface area (Å²) in [5, 5.41) is 3.10. The van der Waals surface area contributed by atoms with Crippen LogP contribution in [0.15, 0.2) is 29.8 Å². The Labute approximate surface area is 82.1 Å². The van der Waals surface area contributed by atoms with Crippen LogP contribution >= 0.6 is 11.3 Å². The molecule has 13 heavy (non-hydrogen) atoms. The summed E-state index contributed by atoms with van der Waals surface area (Å²) in [6, 6.07) is 6.46. The molecule has 1 aromatic heterocycles. The van der Waals surface area contributed by atoms with Crippen molar-refractivity contribution in [2.75, 3.05) is 0 Å². The molecule has 66 valence electrons. The topological polar surface area (TPSA) is 12.9 Å². The number of rotatable bonds is 1. The second-order valence-electron chi connectivity index (χ2n) is 3.14. The summed E-state index contributed by atoms with van der Waals surface area (Å²) >= 11 is 1.68. The van der Waals surface area contributed by atoms with Crippen molar-refractivity contribution >= 4 is 11.3 Å². The first-order chi connectivity index (χ1) is 6.27. The van der Waals surface area contributed by atoms with Crippen LogP contribution in [0.25, 0.3) is 10.6 Å². The molecule has 2 aromatic rings. The van der Waals surface area contributed by atoms with E-state index in [9.17, 15) is 0 Å². The lowest BCUT2D eigenvalue weighted by Gasteiger charge is -2.01. The van der Waals surface area contributed by atoms with E-state index in [4.69, 9.17) is 0 Å². The summed E-state index contributed by atoms with van der Waals surface area (Å²) in [7, 11) is 0. The van der Waals surface area contributed by atoms with Crippen molar-refractivity contribution in [1.82, 2.24) is 4.98 Å². The van der Waals surface area contributed by atoms with E-state index < -0.39 is 0 Å². The molecule has 1 heterocycles. The third-order valence-corrected chi connectivity index (χ3v) is 3.01. The Bertz CT molecular complexity index is 404. The van der Waals surface area contributed by atoms with Gasteiger partial charge >= 0.3 is 0 Å². The summed E-state index contributed by atoms with van der Waals surface area (Å²) < 4.78 is 0. The van der Waals surface area contributed by atoms with E-state index >= 15 is 0 Å². The quantitative estimate of drug-likeness (QED) is 0.669. The lowest BCUT2D eigenvalue weighted by molar-refractivity contribution is 1.33. The molecule has 0 saturated heterocycles. The zero-order chi connectivity index (χ0) is 9.26. The first kappa shape index (κ1) is 8.45. The SMILES string of the molecule is Cc1ccc(-c2nccs2)cc1C. The van der Waals surface area contributed by atoms with Gasteiger partial charge in [-0.3, -0.25) is 0 Å². The standard InChI is InChI=1S/C11H11NS/c1-8-3-4-10(7-9(8)2)11-12-5-6-13-11/h3-7H,1-2H3. The molecule has 0 aliphatic carbocycles. The lowest BCUT2D eigenvalue weighted by atomic mass is 10.1. The Kier molecular flexibility index (Phi) is 2.15. The molecular weight excluding hydrogens is 178 g/mol. The molecule has 0 aliphatic heterocycles. The van der Waals surface area contributed by atoms with Crippen molar-refractivity contribution in [3.63, 3.8) is 0 Å². The van der Waals surface area contributed by atoms with Crippen molar-refractivity contribution in [3.05, 3.63) is 40.9 Å². The van der Waals surface area contributed by atoms with E-state index in [1.165, 1.54) is 16.7 Å². The van der Waals surface area contributed by atoms with Crippen molar-refractivity contribution < 1.29 is 0 Å². The molecule has 0 bridgehead atoms. The van der Waals surface area contributed by atoms with E-state index in [0.29, 0.717) is 0 Å². The zero-order valence-corrected chi connectivity index (χ0v) is 8.56. The van der Waals surface area contributed by atoms with E-state index in [2.05, 4.69) is 37.0 Å². The third kappa shape index (κ3) is 1.63. The minimum absolute atomic E-state index is 1.10.